The molecule has 0 fully saturated rings. The standard InChI is InChI=1S/C8H10F3I/c1-2-6(8(10)11)3-4-7(12)5-9/h2,5,8H,3-4H2,1H3/b6-2-,7-5-. The predicted molar refractivity (Wildman–Crippen MR) is 52.2 cm³/mol. The molecule has 0 aromatic heterocycles. The molecule has 0 rings (SSSR count). The molecule has 0 heterocycles. The molecular formula is C8H10F3I. The predicted octanol–water partition coefficient (Wildman–Crippen LogP) is 4.22. The Kier molecular flexibility index (Phi) is 6.51. The maximum absolute atomic E-state index is 12.1. The summed E-state index contributed by atoms with van der Waals surface area (Å²) in [7, 11) is 0. The van der Waals surface area contributed by atoms with Crippen LogP contribution in [0.3, 0.4) is 0 Å². The molecule has 70 valence electrons. The van der Waals surface area contributed by atoms with Crippen molar-refractivity contribution in [2.75, 3.05) is 0 Å². The van der Waals surface area contributed by atoms with Gasteiger partial charge in [0.25, 0.3) is 6.43 Å². The van der Waals surface area contributed by atoms with Crippen LogP contribution in [-0.2, 0) is 0 Å². The van der Waals surface area contributed by atoms with Crippen LogP contribution in [0.2, 0.25) is 0 Å². The van der Waals surface area contributed by atoms with Crippen molar-refractivity contribution in [1.82, 2.24) is 0 Å². The minimum absolute atomic E-state index is 0.0750. The molecule has 0 amide bonds. The number of halogens is 4. The zero-order valence-electron chi connectivity index (χ0n) is 6.66. The highest BCUT2D eigenvalue weighted by Gasteiger charge is 2.09. The first-order valence-electron chi connectivity index (χ1n) is 3.49. The molecule has 0 saturated carbocycles. The van der Waals surface area contributed by atoms with Crippen LogP contribution in [0.1, 0.15) is 19.8 Å². The lowest BCUT2D eigenvalue weighted by Crippen LogP contribution is -1.96. The summed E-state index contributed by atoms with van der Waals surface area (Å²) in [6.45, 7) is 1.56. The zero-order chi connectivity index (χ0) is 9.56. The van der Waals surface area contributed by atoms with Gasteiger partial charge in [0.2, 0.25) is 0 Å². The van der Waals surface area contributed by atoms with Crippen LogP contribution in [0.5, 0.6) is 0 Å². The van der Waals surface area contributed by atoms with Gasteiger partial charge < -0.3 is 0 Å². The van der Waals surface area contributed by atoms with Gasteiger partial charge in [0, 0.05) is 3.58 Å². The molecule has 0 aliphatic carbocycles. The van der Waals surface area contributed by atoms with Crippen molar-refractivity contribution in [1.29, 1.82) is 0 Å². The Balaban J connectivity index is 3.91. The van der Waals surface area contributed by atoms with E-state index < -0.39 is 6.43 Å². The highest BCUT2D eigenvalue weighted by molar-refractivity contribution is 14.1. The second-order valence-corrected chi connectivity index (χ2v) is 3.61. The van der Waals surface area contributed by atoms with Gasteiger partial charge in [0.1, 0.15) is 0 Å². The first-order chi connectivity index (χ1) is 5.61. The Morgan fingerprint density at radius 2 is 2.00 bits per heavy atom. The molecule has 0 bridgehead atoms. The summed E-state index contributed by atoms with van der Waals surface area (Å²) >= 11 is 1.79. The van der Waals surface area contributed by atoms with Crippen LogP contribution in [-0.4, -0.2) is 6.43 Å². The summed E-state index contributed by atoms with van der Waals surface area (Å²) in [6.07, 6.45) is -0.0149. The van der Waals surface area contributed by atoms with Gasteiger partial charge in [-0.05, 0) is 47.9 Å². The van der Waals surface area contributed by atoms with Gasteiger partial charge in [0.15, 0.2) is 0 Å². The average Bonchev–Trinajstić information content (AvgIpc) is 2.04. The maximum atomic E-state index is 12.1. The van der Waals surface area contributed by atoms with E-state index in [1.54, 1.807) is 29.5 Å². The lowest BCUT2D eigenvalue weighted by Gasteiger charge is -2.03. The third-order valence-electron chi connectivity index (χ3n) is 1.42. The Morgan fingerprint density at radius 1 is 1.42 bits per heavy atom. The van der Waals surface area contributed by atoms with E-state index in [4.69, 9.17) is 0 Å². The number of allylic oxidation sites excluding steroid dienone is 3. The van der Waals surface area contributed by atoms with Crippen molar-refractivity contribution >= 4 is 22.6 Å². The van der Waals surface area contributed by atoms with Crippen molar-refractivity contribution in [2.24, 2.45) is 0 Å². The SMILES string of the molecule is C/C=C(/CC/C(I)=C/F)C(F)F. The van der Waals surface area contributed by atoms with Crippen molar-refractivity contribution in [3.8, 4) is 0 Å². The summed E-state index contributed by atoms with van der Waals surface area (Å²) in [5, 5.41) is 0. The van der Waals surface area contributed by atoms with E-state index in [-0.39, 0.29) is 12.0 Å². The maximum Gasteiger partial charge on any atom is 0.259 e. The van der Waals surface area contributed by atoms with Gasteiger partial charge in [-0.1, -0.05) is 6.08 Å². The molecule has 0 spiro atoms. The van der Waals surface area contributed by atoms with Gasteiger partial charge >= 0.3 is 0 Å². The number of alkyl halides is 2. The molecule has 0 unspecified atom stereocenters. The first kappa shape index (κ1) is 12.0. The molecule has 0 aromatic rings. The molecule has 12 heavy (non-hydrogen) atoms. The van der Waals surface area contributed by atoms with Crippen LogP contribution < -0.4 is 0 Å². The summed E-state index contributed by atoms with van der Waals surface area (Å²) in [5.41, 5.74) is 0.0750. The van der Waals surface area contributed by atoms with Crippen LogP contribution in [0.15, 0.2) is 21.6 Å². The molecule has 4 heteroatoms. The molecule has 0 saturated heterocycles. The molecule has 0 radical (unpaired) electrons. The monoisotopic (exact) mass is 290 g/mol. The van der Waals surface area contributed by atoms with E-state index in [9.17, 15) is 13.2 Å². The topological polar surface area (TPSA) is 0 Å². The number of rotatable bonds is 4. The number of hydrogen-bond acceptors (Lipinski definition) is 0. The second kappa shape index (κ2) is 6.51. The Labute approximate surface area is 83.7 Å². The van der Waals surface area contributed by atoms with Gasteiger partial charge in [-0.3, -0.25) is 0 Å². The average molecular weight is 290 g/mol. The quantitative estimate of drug-likeness (QED) is 0.537. The highest BCUT2D eigenvalue weighted by Crippen LogP contribution is 2.21. The summed E-state index contributed by atoms with van der Waals surface area (Å²) < 4.78 is 36.4. The minimum atomic E-state index is -2.42. The smallest absolute Gasteiger partial charge is 0.215 e. The molecule has 0 atom stereocenters. The first-order valence-corrected chi connectivity index (χ1v) is 4.57. The van der Waals surface area contributed by atoms with E-state index in [2.05, 4.69) is 0 Å². The van der Waals surface area contributed by atoms with Crippen molar-refractivity contribution in [2.45, 2.75) is 26.2 Å². The fourth-order valence-corrected chi connectivity index (χ4v) is 0.967. The lowest BCUT2D eigenvalue weighted by molar-refractivity contribution is 0.185. The Morgan fingerprint density at radius 3 is 2.33 bits per heavy atom. The van der Waals surface area contributed by atoms with Crippen LogP contribution >= 0.6 is 22.6 Å². The summed E-state index contributed by atoms with van der Waals surface area (Å²) in [5.74, 6) is 0. The van der Waals surface area contributed by atoms with Crippen molar-refractivity contribution in [3.63, 3.8) is 0 Å². The Bertz CT molecular complexity index is 185. The minimum Gasteiger partial charge on any atom is -0.215 e. The summed E-state index contributed by atoms with van der Waals surface area (Å²) in [6, 6.07) is 0. The third-order valence-corrected chi connectivity index (χ3v) is 2.20. The van der Waals surface area contributed by atoms with Crippen LogP contribution in [0, 0.1) is 0 Å². The summed E-state index contributed by atoms with van der Waals surface area (Å²) in [4.78, 5) is 0. The molecule has 0 N–H and O–H groups in total. The highest BCUT2D eigenvalue weighted by atomic mass is 127. The van der Waals surface area contributed by atoms with E-state index in [0.717, 1.165) is 0 Å². The van der Waals surface area contributed by atoms with Crippen molar-refractivity contribution in [3.05, 3.63) is 21.6 Å². The normalized spacial score (nSPS) is 14.2. The molecule has 0 aromatic carbocycles. The van der Waals surface area contributed by atoms with Crippen LogP contribution in [0.25, 0.3) is 0 Å². The molecule has 0 nitrogen and oxygen atoms in total. The van der Waals surface area contributed by atoms with E-state index in [0.29, 0.717) is 16.3 Å². The third kappa shape index (κ3) is 4.79. The fourth-order valence-electron chi connectivity index (χ4n) is 0.698. The van der Waals surface area contributed by atoms with Crippen LogP contribution in [0.4, 0.5) is 13.2 Å². The molecule has 0 aliphatic heterocycles. The second-order valence-electron chi connectivity index (χ2n) is 2.22. The zero-order valence-corrected chi connectivity index (χ0v) is 8.82. The van der Waals surface area contributed by atoms with E-state index in [1.807, 2.05) is 0 Å². The van der Waals surface area contributed by atoms with Gasteiger partial charge in [-0.2, -0.15) is 0 Å². The van der Waals surface area contributed by atoms with Crippen molar-refractivity contribution < 1.29 is 13.2 Å². The fraction of sp³-hybridized carbons (Fsp3) is 0.500. The van der Waals surface area contributed by atoms with Gasteiger partial charge in [-0.25, -0.2) is 13.2 Å². The van der Waals surface area contributed by atoms with E-state index in [1.165, 1.54) is 6.08 Å². The van der Waals surface area contributed by atoms with Gasteiger partial charge in [0.05, 0.1) is 6.33 Å². The lowest BCUT2D eigenvalue weighted by atomic mass is 10.1. The molecule has 0 aliphatic rings. The van der Waals surface area contributed by atoms with Gasteiger partial charge in [-0.15, -0.1) is 0 Å². The van der Waals surface area contributed by atoms with E-state index >= 15 is 0 Å². The Hall–Kier alpha value is -0.0000000000000000555. The largest absolute Gasteiger partial charge is 0.259 e. The number of hydrogen-bond donors (Lipinski definition) is 0. The molecular weight excluding hydrogens is 280 g/mol.